The third kappa shape index (κ3) is 3.78. The first-order valence-corrected chi connectivity index (χ1v) is 6.00. The van der Waals surface area contributed by atoms with E-state index in [-0.39, 0.29) is 17.7 Å². The van der Waals surface area contributed by atoms with Crippen LogP contribution in [-0.4, -0.2) is 12.4 Å². The molecule has 1 aromatic carbocycles. The topological polar surface area (TPSA) is 45.0 Å². The van der Waals surface area contributed by atoms with Gasteiger partial charge >= 0.3 is 6.36 Å². The number of hydrogen-bond donors (Lipinski definition) is 1. The smallest absolute Gasteiger partial charge is 0.406 e. The molecule has 2 atom stereocenters. The lowest BCUT2D eigenvalue weighted by Crippen LogP contribution is -2.22. The fourth-order valence-electron chi connectivity index (χ4n) is 2.25. The highest BCUT2D eigenvalue weighted by Gasteiger charge is 2.31. The van der Waals surface area contributed by atoms with E-state index < -0.39 is 6.36 Å². The Morgan fingerprint density at radius 3 is 2.47 bits per heavy atom. The first-order chi connectivity index (χ1) is 8.98. The Morgan fingerprint density at radius 1 is 1.21 bits per heavy atom. The Balaban J connectivity index is 1.97. The van der Waals surface area contributed by atoms with Gasteiger partial charge in [-0.1, -0.05) is 0 Å². The molecular weight excluding hydrogens is 257 g/mol. The van der Waals surface area contributed by atoms with Crippen molar-refractivity contribution in [3.8, 4) is 11.8 Å². The maximum atomic E-state index is 12.0. The summed E-state index contributed by atoms with van der Waals surface area (Å²) < 4.78 is 39.8. The number of rotatable bonds is 3. The minimum absolute atomic E-state index is 0.0360. The Labute approximate surface area is 109 Å². The van der Waals surface area contributed by atoms with Crippen molar-refractivity contribution in [2.45, 2.75) is 31.7 Å². The zero-order valence-corrected chi connectivity index (χ0v) is 10.1. The first-order valence-electron chi connectivity index (χ1n) is 6.00. The normalized spacial score (nSPS) is 22.8. The Hall–Kier alpha value is -1.90. The van der Waals surface area contributed by atoms with E-state index in [0.717, 1.165) is 19.3 Å². The molecule has 1 aliphatic rings. The lowest BCUT2D eigenvalue weighted by molar-refractivity contribution is -0.274. The molecule has 0 spiro atoms. The average molecular weight is 270 g/mol. The van der Waals surface area contributed by atoms with Gasteiger partial charge in [0.1, 0.15) is 5.75 Å². The molecule has 6 heteroatoms. The van der Waals surface area contributed by atoms with Crippen LogP contribution in [-0.2, 0) is 0 Å². The fraction of sp³-hybridized carbons (Fsp3) is 0.462. The van der Waals surface area contributed by atoms with E-state index in [2.05, 4.69) is 16.1 Å². The molecule has 1 aliphatic carbocycles. The van der Waals surface area contributed by atoms with Crippen LogP contribution in [0.4, 0.5) is 18.9 Å². The van der Waals surface area contributed by atoms with Gasteiger partial charge < -0.3 is 10.1 Å². The summed E-state index contributed by atoms with van der Waals surface area (Å²) in [5.41, 5.74) is 0.696. The maximum Gasteiger partial charge on any atom is 0.573 e. The molecular formula is C13H13F3N2O. The SMILES string of the molecule is N#CC1CCCC1Nc1ccc(OC(F)(F)F)cc1. The number of nitriles is 1. The molecule has 1 saturated carbocycles. The van der Waals surface area contributed by atoms with Crippen LogP contribution < -0.4 is 10.1 Å². The van der Waals surface area contributed by atoms with Gasteiger partial charge in [-0.05, 0) is 43.5 Å². The number of nitrogens with zero attached hydrogens (tertiary/aromatic N) is 1. The standard InChI is InChI=1S/C13H13F3N2O/c14-13(15,16)19-11-6-4-10(5-7-11)18-12-3-1-2-9(12)8-17/h4-7,9,12,18H,1-3H2. The van der Waals surface area contributed by atoms with Crippen LogP contribution >= 0.6 is 0 Å². The largest absolute Gasteiger partial charge is 0.573 e. The number of halogens is 3. The first kappa shape index (κ1) is 13.5. The molecule has 0 saturated heterocycles. The summed E-state index contributed by atoms with van der Waals surface area (Å²) in [5, 5.41) is 12.1. The number of anilines is 1. The zero-order valence-electron chi connectivity index (χ0n) is 10.1. The van der Waals surface area contributed by atoms with Gasteiger partial charge in [-0.15, -0.1) is 13.2 Å². The predicted molar refractivity (Wildman–Crippen MR) is 63.5 cm³/mol. The van der Waals surface area contributed by atoms with E-state index in [1.807, 2.05) is 0 Å². The van der Waals surface area contributed by atoms with Crippen LogP contribution in [0.1, 0.15) is 19.3 Å². The number of hydrogen-bond acceptors (Lipinski definition) is 3. The molecule has 3 nitrogen and oxygen atoms in total. The van der Waals surface area contributed by atoms with Crippen LogP contribution in [0, 0.1) is 17.2 Å². The second-order valence-electron chi connectivity index (χ2n) is 4.49. The van der Waals surface area contributed by atoms with Crippen molar-refractivity contribution in [1.29, 1.82) is 5.26 Å². The van der Waals surface area contributed by atoms with Gasteiger partial charge in [-0.3, -0.25) is 0 Å². The van der Waals surface area contributed by atoms with Crippen molar-refractivity contribution in [2.24, 2.45) is 5.92 Å². The monoisotopic (exact) mass is 270 g/mol. The second-order valence-corrected chi connectivity index (χ2v) is 4.49. The summed E-state index contributed by atoms with van der Waals surface area (Å²) in [6.45, 7) is 0. The Bertz CT molecular complexity index is 464. The van der Waals surface area contributed by atoms with E-state index in [1.54, 1.807) is 0 Å². The van der Waals surface area contributed by atoms with E-state index in [0.29, 0.717) is 5.69 Å². The van der Waals surface area contributed by atoms with Crippen molar-refractivity contribution >= 4 is 5.69 Å². The van der Waals surface area contributed by atoms with Crippen molar-refractivity contribution in [1.82, 2.24) is 0 Å². The van der Waals surface area contributed by atoms with Crippen molar-refractivity contribution in [3.63, 3.8) is 0 Å². The van der Waals surface area contributed by atoms with Crippen LogP contribution in [0.3, 0.4) is 0 Å². The molecule has 1 fully saturated rings. The molecule has 102 valence electrons. The van der Waals surface area contributed by atoms with Crippen LogP contribution in [0.5, 0.6) is 5.75 Å². The summed E-state index contributed by atoms with van der Waals surface area (Å²) in [4.78, 5) is 0. The van der Waals surface area contributed by atoms with Crippen molar-refractivity contribution in [3.05, 3.63) is 24.3 Å². The molecule has 0 bridgehead atoms. The van der Waals surface area contributed by atoms with Gasteiger partial charge in [0.15, 0.2) is 0 Å². The highest BCUT2D eigenvalue weighted by Crippen LogP contribution is 2.29. The van der Waals surface area contributed by atoms with Gasteiger partial charge in [-0.2, -0.15) is 5.26 Å². The summed E-state index contributed by atoms with van der Waals surface area (Å²) in [7, 11) is 0. The zero-order chi connectivity index (χ0) is 13.9. The third-order valence-electron chi connectivity index (χ3n) is 3.12. The number of nitrogens with one attached hydrogen (secondary N) is 1. The van der Waals surface area contributed by atoms with Crippen LogP contribution in [0.25, 0.3) is 0 Å². The summed E-state index contributed by atoms with van der Waals surface area (Å²) in [5.74, 6) is -0.285. The minimum Gasteiger partial charge on any atom is -0.406 e. The van der Waals surface area contributed by atoms with E-state index >= 15 is 0 Å². The minimum atomic E-state index is -4.67. The van der Waals surface area contributed by atoms with Gasteiger partial charge in [0.05, 0.1) is 12.0 Å². The van der Waals surface area contributed by atoms with Crippen molar-refractivity contribution in [2.75, 3.05) is 5.32 Å². The number of alkyl halides is 3. The molecule has 2 unspecified atom stereocenters. The molecule has 0 radical (unpaired) electrons. The summed E-state index contributed by atoms with van der Waals surface area (Å²) in [6, 6.07) is 7.87. The molecule has 0 aliphatic heterocycles. The second kappa shape index (κ2) is 5.39. The van der Waals surface area contributed by atoms with E-state index in [9.17, 15) is 13.2 Å². The lowest BCUT2D eigenvalue weighted by atomic mass is 10.1. The predicted octanol–water partition coefficient (Wildman–Crippen LogP) is 3.69. The summed E-state index contributed by atoms with van der Waals surface area (Å²) in [6.07, 6.45) is -1.92. The van der Waals surface area contributed by atoms with Gasteiger partial charge in [0, 0.05) is 11.7 Å². The molecule has 0 heterocycles. The molecule has 2 rings (SSSR count). The van der Waals surface area contributed by atoms with Gasteiger partial charge in [0.2, 0.25) is 0 Å². The van der Waals surface area contributed by atoms with Gasteiger partial charge in [-0.25, -0.2) is 0 Å². The third-order valence-corrected chi connectivity index (χ3v) is 3.12. The van der Waals surface area contributed by atoms with Crippen LogP contribution in [0.2, 0.25) is 0 Å². The van der Waals surface area contributed by atoms with E-state index in [4.69, 9.17) is 5.26 Å². The fourth-order valence-corrected chi connectivity index (χ4v) is 2.25. The average Bonchev–Trinajstić information content (AvgIpc) is 2.77. The van der Waals surface area contributed by atoms with E-state index in [1.165, 1.54) is 24.3 Å². The number of ether oxygens (including phenoxy) is 1. The van der Waals surface area contributed by atoms with Crippen molar-refractivity contribution < 1.29 is 17.9 Å². The van der Waals surface area contributed by atoms with Crippen LogP contribution in [0.15, 0.2) is 24.3 Å². The highest BCUT2D eigenvalue weighted by molar-refractivity contribution is 5.47. The Kier molecular flexibility index (Phi) is 3.84. The maximum absolute atomic E-state index is 12.0. The molecule has 0 amide bonds. The molecule has 1 N–H and O–H groups in total. The van der Waals surface area contributed by atoms with Gasteiger partial charge in [0.25, 0.3) is 0 Å². The molecule has 1 aromatic rings. The molecule has 19 heavy (non-hydrogen) atoms. The summed E-state index contributed by atoms with van der Waals surface area (Å²) >= 11 is 0. The molecule has 0 aromatic heterocycles. The Morgan fingerprint density at radius 2 is 1.89 bits per heavy atom. The number of benzene rings is 1. The highest BCUT2D eigenvalue weighted by atomic mass is 19.4. The lowest BCUT2D eigenvalue weighted by Gasteiger charge is -2.17. The quantitative estimate of drug-likeness (QED) is 0.911.